The van der Waals surface area contributed by atoms with Crippen molar-refractivity contribution < 1.29 is 14.4 Å². The van der Waals surface area contributed by atoms with Crippen LogP contribution in [0.1, 0.15) is 28.9 Å². The van der Waals surface area contributed by atoms with Gasteiger partial charge >= 0.3 is 6.03 Å². The Bertz CT molecular complexity index is 716. The summed E-state index contributed by atoms with van der Waals surface area (Å²) in [6.45, 7) is 2.35. The van der Waals surface area contributed by atoms with Crippen LogP contribution in [-0.2, 0) is 4.79 Å². The molecule has 3 heterocycles. The van der Waals surface area contributed by atoms with Gasteiger partial charge in [-0.1, -0.05) is 0 Å². The molecule has 0 aliphatic carbocycles. The van der Waals surface area contributed by atoms with E-state index in [0.717, 1.165) is 0 Å². The van der Waals surface area contributed by atoms with Crippen LogP contribution in [-0.4, -0.2) is 46.4 Å². The summed E-state index contributed by atoms with van der Waals surface area (Å²) in [7, 11) is 0. The summed E-state index contributed by atoms with van der Waals surface area (Å²) in [5.74, 6) is -0.710. The van der Waals surface area contributed by atoms with Crippen molar-refractivity contribution in [1.82, 2.24) is 20.5 Å². The van der Waals surface area contributed by atoms with E-state index in [4.69, 9.17) is 0 Å². The molecule has 4 amide bonds. The minimum Gasteiger partial charge on any atom is -0.338 e. The number of imide groups is 1. The number of hydrogen-bond acceptors (Lipinski definition) is 4. The van der Waals surface area contributed by atoms with Crippen LogP contribution in [0.3, 0.4) is 0 Å². The first kappa shape index (κ1) is 14.3. The van der Waals surface area contributed by atoms with Crippen LogP contribution >= 0.6 is 0 Å². The Morgan fingerprint density at radius 2 is 1.86 bits per heavy atom. The predicted octanol–water partition coefficient (Wildman–Crippen LogP) is -0.502. The Morgan fingerprint density at radius 1 is 1.18 bits per heavy atom. The average Bonchev–Trinajstić information content (AvgIpc) is 2.73. The van der Waals surface area contributed by atoms with Gasteiger partial charge in [0.25, 0.3) is 17.4 Å². The molecule has 2 fully saturated rings. The molecule has 3 rings (SSSR count). The number of nitrogens with zero attached hydrogens (tertiary/aromatic N) is 1. The molecule has 22 heavy (non-hydrogen) atoms. The second-order valence-electron chi connectivity index (χ2n) is 5.67. The molecule has 2 aliphatic heterocycles. The molecule has 2 aliphatic rings. The van der Waals surface area contributed by atoms with E-state index >= 15 is 0 Å². The van der Waals surface area contributed by atoms with Crippen molar-refractivity contribution in [3.8, 4) is 0 Å². The fourth-order valence-electron chi connectivity index (χ4n) is 2.88. The van der Waals surface area contributed by atoms with Gasteiger partial charge in [-0.2, -0.15) is 0 Å². The maximum atomic E-state index is 12.4. The molecule has 2 saturated heterocycles. The third kappa shape index (κ3) is 2.26. The Kier molecular flexibility index (Phi) is 3.23. The molecule has 0 atom stereocenters. The lowest BCUT2D eigenvalue weighted by atomic mass is 9.87. The normalized spacial score (nSPS) is 20.0. The van der Waals surface area contributed by atoms with Gasteiger partial charge < -0.3 is 15.2 Å². The maximum Gasteiger partial charge on any atom is 0.322 e. The van der Waals surface area contributed by atoms with Crippen LogP contribution in [0, 0.1) is 6.92 Å². The lowest BCUT2D eigenvalue weighted by molar-refractivity contribution is -0.125. The number of carbonyl (C=O) groups excluding carboxylic acids is 3. The van der Waals surface area contributed by atoms with E-state index in [0.29, 0.717) is 31.6 Å². The minimum atomic E-state index is -0.923. The molecule has 0 saturated carbocycles. The van der Waals surface area contributed by atoms with Gasteiger partial charge in [0.2, 0.25) is 0 Å². The number of H-pyrrole nitrogens is 1. The number of carbonyl (C=O) groups is 3. The number of likely N-dealkylation sites (tertiary alicyclic amines) is 1. The number of urea groups is 1. The standard InChI is InChI=1S/C14H16N4O4/c1-8-2-3-9(10(19)15-8)11(20)18-6-4-14(5-7-18)12(21)16-13(22)17-14/h2-3H,4-7H2,1H3,(H,15,19)(H2,16,17,21,22). The first-order valence-corrected chi connectivity index (χ1v) is 7.04. The van der Waals surface area contributed by atoms with Crippen molar-refractivity contribution in [2.45, 2.75) is 25.3 Å². The molecule has 0 radical (unpaired) electrons. The van der Waals surface area contributed by atoms with Gasteiger partial charge in [0, 0.05) is 18.8 Å². The van der Waals surface area contributed by atoms with Crippen LogP contribution in [0.4, 0.5) is 4.79 Å². The molecule has 1 aromatic rings. The number of aromatic amines is 1. The number of rotatable bonds is 1. The third-order valence-electron chi connectivity index (χ3n) is 4.20. The zero-order chi connectivity index (χ0) is 15.9. The van der Waals surface area contributed by atoms with Gasteiger partial charge in [-0.15, -0.1) is 0 Å². The molecule has 3 N–H and O–H groups in total. The molecule has 1 aromatic heterocycles. The van der Waals surface area contributed by atoms with Crippen molar-refractivity contribution in [1.29, 1.82) is 0 Å². The van der Waals surface area contributed by atoms with Crippen LogP contribution < -0.4 is 16.2 Å². The van der Waals surface area contributed by atoms with Gasteiger partial charge in [-0.25, -0.2) is 4.79 Å². The highest BCUT2D eigenvalue weighted by Crippen LogP contribution is 2.26. The number of hydrogen-bond donors (Lipinski definition) is 3. The molecular weight excluding hydrogens is 288 g/mol. The van der Waals surface area contributed by atoms with E-state index in [-0.39, 0.29) is 17.4 Å². The first-order valence-electron chi connectivity index (χ1n) is 7.04. The highest BCUT2D eigenvalue weighted by molar-refractivity contribution is 6.07. The van der Waals surface area contributed by atoms with Crippen molar-refractivity contribution in [2.75, 3.05) is 13.1 Å². The smallest absolute Gasteiger partial charge is 0.322 e. The van der Waals surface area contributed by atoms with Gasteiger partial charge in [-0.3, -0.25) is 19.7 Å². The maximum absolute atomic E-state index is 12.4. The topological polar surface area (TPSA) is 111 Å². The SMILES string of the molecule is Cc1ccc(C(=O)N2CCC3(CC2)NC(=O)NC3=O)c(=O)[nH]1. The van der Waals surface area contributed by atoms with Crippen LogP contribution in [0.15, 0.2) is 16.9 Å². The van der Waals surface area contributed by atoms with E-state index < -0.39 is 17.1 Å². The molecular formula is C14H16N4O4. The molecule has 0 bridgehead atoms. The summed E-state index contributed by atoms with van der Waals surface area (Å²) in [5, 5.41) is 4.85. The number of aromatic nitrogens is 1. The number of pyridine rings is 1. The summed E-state index contributed by atoms with van der Waals surface area (Å²) in [6.07, 6.45) is 0.667. The zero-order valence-electron chi connectivity index (χ0n) is 12.1. The zero-order valence-corrected chi connectivity index (χ0v) is 12.1. The Hall–Kier alpha value is -2.64. The predicted molar refractivity (Wildman–Crippen MR) is 76.3 cm³/mol. The molecule has 116 valence electrons. The molecule has 8 nitrogen and oxygen atoms in total. The number of amides is 4. The van der Waals surface area contributed by atoms with Gasteiger partial charge in [-0.05, 0) is 31.9 Å². The number of aryl methyl sites for hydroxylation is 1. The third-order valence-corrected chi connectivity index (χ3v) is 4.20. The molecule has 0 unspecified atom stereocenters. The van der Waals surface area contributed by atoms with Crippen LogP contribution in [0.2, 0.25) is 0 Å². The van der Waals surface area contributed by atoms with Gasteiger partial charge in [0.05, 0.1) is 0 Å². The lowest BCUT2D eigenvalue weighted by Gasteiger charge is -2.36. The fourth-order valence-corrected chi connectivity index (χ4v) is 2.88. The van der Waals surface area contributed by atoms with Gasteiger partial charge in [0.15, 0.2) is 0 Å². The monoisotopic (exact) mass is 304 g/mol. The number of nitrogens with one attached hydrogen (secondary N) is 3. The Balaban J connectivity index is 1.74. The second kappa shape index (κ2) is 4.97. The van der Waals surface area contributed by atoms with E-state index in [2.05, 4.69) is 15.6 Å². The van der Waals surface area contributed by atoms with Crippen LogP contribution in [0.25, 0.3) is 0 Å². The van der Waals surface area contributed by atoms with E-state index in [1.54, 1.807) is 13.0 Å². The second-order valence-corrected chi connectivity index (χ2v) is 5.67. The summed E-state index contributed by atoms with van der Waals surface area (Å²) < 4.78 is 0. The number of piperidine rings is 1. The average molecular weight is 304 g/mol. The Morgan fingerprint density at radius 3 is 2.41 bits per heavy atom. The minimum absolute atomic E-state index is 0.0847. The lowest BCUT2D eigenvalue weighted by Crippen LogP contribution is -2.56. The van der Waals surface area contributed by atoms with E-state index in [1.807, 2.05) is 0 Å². The van der Waals surface area contributed by atoms with Crippen LogP contribution in [0.5, 0.6) is 0 Å². The molecule has 1 spiro atoms. The molecule has 0 aromatic carbocycles. The van der Waals surface area contributed by atoms with Crippen molar-refractivity contribution in [3.05, 3.63) is 33.7 Å². The molecule has 8 heteroatoms. The summed E-state index contributed by atoms with van der Waals surface area (Å²) in [6, 6.07) is 2.68. The Labute approximate surface area is 125 Å². The fraction of sp³-hybridized carbons (Fsp3) is 0.429. The largest absolute Gasteiger partial charge is 0.338 e. The van der Waals surface area contributed by atoms with E-state index in [1.165, 1.54) is 11.0 Å². The van der Waals surface area contributed by atoms with Crippen molar-refractivity contribution in [2.24, 2.45) is 0 Å². The highest BCUT2D eigenvalue weighted by Gasteiger charge is 2.48. The summed E-state index contributed by atoms with van der Waals surface area (Å²) in [5.41, 5.74) is -0.573. The van der Waals surface area contributed by atoms with E-state index in [9.17, 15) is 19.2 Å². The first-order chi connectivity index (χ1) is 10.4. The van der Waals surface area contributed by atoms with Crippen molar-refractivity contribution in [3.63, 3.8) is 0 Å². The highest BCUT2D eigenvalue weighted by atomic mass is 16.2. The van der Waals surface area contributed by atoms with Crippen molar-refractivity contribution >= 4 is 17.8 Å². The summed E-state index contributed by atoms with van der Waals surface area (Å²) >= 11 is 0. The summed E-state index contributed by atoms with van der Waals surface area (Å²) in [4.78, 5) is 51.5. The quantitative estimate of drug-likeness (QED) is 0.607. The van der Waals surface area contributed by atoms with Gasteiger partial charge in [0.1, 0.15) is 11.1 Å².